The number of aromatic amines is 1. The van der Waals surface area contributed by atoms with Gasteiger partial charge in [-0.25, -0.2) is 0 Å². The maximum Gasteiger partial charge on any atom is 0.267 e. The van der Waals surface area contributed by atoms with E-state index in [-0.39, 0.29) is 5.56 Å². The summed E-state index contributed by atoms with van der Waals surface area (Å²) in [5.74, 6) is 0. The molecular weight excluding hydrogens is 256 g/mol. The van der Waals surface area contributed by atoms with Gasteiger partial charge in [0.2, 0.25) is 0 Å². The van der Waals surface area contributed by atoms with Crippen LogP contribution in [-0.2, 0) is 7.05 Å². The van der Waals surface area contributed by atoms with Crippen LogP contribution in [-0.4, -0.2) is 9.78 Å². The molecule has 0 unspecified atom stereocenters. The van der Waals surface area contributed by atoms with Crippen LogP contribution in [0.1, 0.15) is 5.56 Å². The van der Waals surface area contributed by atoms with Crippen LogP contribution in [0.2, 0.25) is 0 Å². The molecule has 0 radical (unpaired) electrons. The first-order chi connectivity index (χ1) is 7.11. The summed E-state index contributed by atoms with van der Waals surface area (Å²) in [6.07, 6.45) is 0. The largest absolute Gasteiger partial charge is 0.287 e. The monoisotopic (exact) mass is 266 g/mol. The minimum Gasteiger partial charge on any atom is -0.287 e. The van der Waals surface area contributed by atoms with E-state index in [4.69, 9.17) is 0 Å². The maximum atomic E-state index is 11.5. The number of H-pyrrole nitrogens is 1. The van der Waals surface area contributed by atoms with Crippen LogP contribution in [0, 0.1) is 6.92 Å². The third-order valence-corrected chi connectivity index (χ3v) is 3.12. The van der Waals surface area contributed by atoms with Crippen molar-refractivity contribution < 1.29 is 0 Å². The van der Waals surface area contributed by atoms with Gasteiger partial charge in [-0.1, -0.05) is 34.1 Å². The zero-order valence-electron chi connectivity index (χ0n) is 8.54. The van der Waals surface area contributed by atoms with E-state index < -0.39 is 0 Å². The number of rotatable bonds is 1. The summed E-state index contributed by atoms with van der Waals surface area (Å²) in [5, 5.41) is 2.74. The number of nitrogens with zero attached hydrogens (tertiary/aromatic N) is 1. The highest BCUT2D eigenvalue weighted by atomic mass is 79.9. The Morgan fingerprint density at radius 3 is 2.53 bits per heavy atom. The molecule has 0 aliphatic heterocycles. The fraction of sp³-hybridized carbons (Fsp3) is 0.182. The Morgan fingerprint density at radius 1 is 1.33 bits per heavy atom. The molecule has 1 aromatic heterocycles. The van der Waals surface area contributed by atoms with Gasteiger partial charge in [0.05, 0.1) is 5.69 Å². The van der Waals surface area contributed by atoms with Crippen LogP contribution >= 0.6 is 15.9 Å². The van der Waals surface area contributed by atoms with Crippen molar-refractivity contribution in [3.63, 3.8) is 0 Å². The molecule has 2 aromatic rings. The number of halogens is 1. The Kier molecular flexibility index (Phi) is 2.52. The molecule has 1 aromatic carbocycles. The first-order valence-corrected chi connectivity index (χ1v) is 5.41. The SMILES string of the molecule is Cc1c(-c2ccccc2Br)n(C)[nH]c1=O. The van der Waals surface area contributed by atoms with Gasteiger partial charge in [0, 0.05) is 22.6 Å². The van der Waals surface area contributed by atoms with E-state index in [1.165, 1.54) is 0 Å². The molecule has 1 heterocycles. The highest BCUT2D eigenvalue weighted by molar-refractivity contribution is 9.10. The predicted molar refractivity (Wildman–Crippen MR) is 63.9 cm³/mol. The number of hydrogen-bond donors (Lipinski definition) is 1. The van der Waals surface area contributed by atoms with Gasteiger partial charge in [0.15, 0.2) is 0 Å². The van der Waals surface area contributed by atoms with Crippen LogP contribution in [0.4, 0.5) is 0 Å². The van der Waals surface area contributed by atoms with E-state index in [1.807, 2.05) is 38.2 Å². The standard InChI is InChI=1S/C11H11BrN2O/c1-7-10(14(2)13-11(7)15)8-5-3-4-6-9(8)12/h3-6H,1-2H3,(H,13,15). The lowest BCUT2D eigenvalue weighted by Gasteiger charge is -2.06. The van der Waals surface area contributed by atoms with Crippen molar-refractivity contribution in [2.45, 2.75) is 6.92 Å². The summed E-state index contributed by atoms with van der Waals surface area (Å²) in [6, 6.07) is 7.86. The summed E-state index contributed by atoms with van der Waals surface area (Å²) in [7, 11) is 1.84. The second kappa shape index (κ2) is 3.70. The van der Waals surface area contributed by atoms with E-state index in [2.05, 4.69) is 21.0 Å². The molecule has 0 saturated heterocycles. The molecule has 0 bridgehead atoms. The number of aryl methyl sites for hydroxylation is 1. The highest BCUT2D eigenvalue weighted by Crippen LogP contribution is 2.28. The molecule has 0 spiro atoms. The fourth-order valence-electron chi connectivity index (χ4n) is 1.69. The van der Waals surface area contributed by atoms with Crippen molar-refractivity contribution in [3.8, 4) is 11.3 Å². The Morgan fingerprint density at radius 2 is 2.00 bits per heavy atom. The molecule has 3 nitrogen and oxygen atoms in total. The van der Waals surface area contributed by atoms with E-state index in [0.29, 0.717) is 0 Å². The smallest absolute Gasteiger partial charge is 0.267 e. The number of nitrogens with one attached hydrogen (secondary N) is 1. The quantitative estimate of drug-likeness (QED) is 0.846. The molecule has 0 fully saturated rings. The predicted octanol–water partition coefficient (Wildman–Crippen LogP) is 2.45. The maximum absolute atomic E-state index is 11.5. The average molecular weight is 267 g/mol. The fourth-order valence-corrected chi connectivity index (χ4v) is 2.16. The van der Waals surface area contributed by atoms with Crippen molar-refractivity contribution in [1.29, 1.82) is 0 Å². The molecule has 0 aliphatic carbocycles. The van der Waals surface area contributed by atoms with Gasteiger partial charge in [-0.2, -0.15) is 0 Å². The summed E-state index contributed by atoms with van der Waals surface area (Å²) in [6.45, 7) is 1.83. The summed E-state index contributed by atoms with van der Waals surface area (Å²) in [4.78, 5) is 11.5. The number of aromatic nitrogens is 2. The molecule has 1 N–H and O–H groups in total. The lowest BCUT2D eigenvalue weighted by Crippen LogP contribution is -2.03. The van der Waals surface area contributed by atoms with Crippen LogP contribution in [0.15, 0.2) is 33.5 Å². The summed E-state index contributed by atoms with van der Waals surface area (Å²) < 4.78 is 2.74. The minimum atomic E-state index is -0.0387. The van der Waals surface area contributed by atoms with Gasteiger partial charge in [-0.3, -0.25) is 14.6 Å². The topological polar surface area (TPSA) is 37.8 Å². The van der Waals surface area contributed by atoms with Gasteiger partial charge in [0.25, 0.3) is 5.56 Å². The zero-order chi connectivity index (χ0) is 11.0. The van der Waals surface area contributed by atoms with Gasteiger partial charge in [-0.05, 0) is 13.0 Å². The van der Waals surface area contributed by atoms with Gasteiger partial charge in [0.1, 0.15) is 0 Å². The van der Waals surface area contributed by atoms with Gasteiger partial charge < -0.3 is 0 Å². The van der Waals surface area contributed by atoms with Crippen molar-refractivity contribution in [1.82, 2.24) is 9.78 Å². The first-order valence-electron chi connectivity index (χ1n) is 4.61. The summed E-state index contributed by atoms with van der Waals surface area (Å²) in [5.41, 5.74) is 2.65. The normalized spacial score (nSPS) is 10.6. The molecule has 2 rings (SSSR count). The van der Waals surface area contributed by atoms with Crippen LogP contribution in [0.3, 0.4) is 0 Å². The van der Waals surface area contributed by atoms with Crippen molar-refractivity contribution in [2.24, 2.45) is 7.05 Å². The van der Waals surface area contributed by atoms with Crippen LogP contribution < -0.4 is 5.56 Å². The number of hydrogen-bond acceptors (Lipinski definition) is 1. The minimum absolute atomic E-state index is 0.0387. The Labute approximate surface area is 95.9 Å². The summed E-state index contributed by atoms with van der Waals surface area (Å²) >= 11 is 3.48. The Hall–Kier alpha value is -1.29. The second-order valence-electron chi connectivity index (χ2n) is 3.45. The first kappa shape index (κ1) is 10.2. The average Bonchev–Trinajstić information content (AvgIpc) is 2.43. The lowest BCUT2D eigenvalue weighted by molar-refractivity contribution is 0.764. The lowest BCUT2D eigenvalue weighted by atomic mass is 10.1. The Balaban J connectivity index is 2.75. The number of benzene rings is 1. The zero-order valence-corrected chi connectivity index (χ0v) is 10.1. The molecular formula is C11H11BrN2O. The van der Waals surface area contributed by atoms with Crippen LogP contribution in [0.25, 0.3) is 11.3 Å². The highest BCUT2D eigenvalue weighted by Gasteiger charge is 2.12. The molecule has 0 amide bonds. The van der Waals surface area contributed by atoms with Crippen molar-refractivity contribution in [2.75, 3.05) is 0 Å². The molecule has 15 heavy (non-hydrogen) atoms. The van der Waals surface area contributed by atoms with Crippen molar-refractivity contribution in [3.05, 3.63) is 44.7 Å². The van der Waals surface area contributed by atoms with E-state index in [1.54, 1.807) is 4.68 Å². The molecule has 0 aliphatic rings. The molecule has 0 saturated carbocycles. The van der Waals surface area contributed by atoms with Crippen molar-refractivity contribution >= 4 is 15.9 Å². The van der Waals surface area contributed by atoms with Gasteiger partial charge >= 0.3 is 0 Å². The second-order valence-corrected chi connectivity index (χ2v) is 4.31. The third-order valence-electron chi connectivity index (χ3n) is 2.43. The molecule has 0 atom stereocenters. The molecule has 78 valence electrons. The Bertz CT molecular complexity index is 554. The van der Waals surface area contributed by atoms with E-state index >= 15 is 0 Å². The third kappa shape index (κ3) is 1.65. The van der Waals surface area contributed by atoms with E-state index in [0.717, 1.165) is 21.3 Å². The van der Waals surface area contributed by atoms with Gasteiger partial charge in [-0.15, -0.1) is 0 Å². The molecule has 4 heteroatoms. The van der Waals surface area contributed by atoms with Crippen LogP contribution in [0.5, 0.6) is 0 Å². The van der Waals surface area contributed by atoms with E-state index in [9.17, 15) is 4.79 Å².